The first-order chi connectivity index (χ1) is 8.33. The second-order valence-corrected chi connectivity index (χ2v) is 4.11. The Bertz CT molecular complexity index is 459. The third kappa shape index (κ3) is 2.94. The molecule has 17 heavy (non-hydrogen) atoms. The Morgan fingerprint density at radius 2 is 1.94 bits per heavy atom. The highest BCUT2D eigenvalue weighted by Gasteiger charge is 2.01. The molecule has 2 rings (SSSR count). The van der Waals surface area contributed by atoms with Gasteiger partial charge in [0.1, 0.15) is 0 Å². The zero-order chi connectivity index (χ0) is 12.1. The van der Waals surface area contributed by atoms with E-state index in [9.17, 15) is 0 Å². The molecule has 0 aliphatic carbocycles. The van der Waals surface area contributed by atoms with Crippen LogP contribution in [-0.4, -0.2) is 21.5 Å². The molecule has 0 amide bonds. The molecule has 0 aliphatic heterocycles. The first-order valence-corrected chi connectivity index (χ1v) is 6.06. The third-order valence-corrected chi connectivity index (χ3v) is 2.87. The van der Waals surface area contributed by atoms with Crippen LogP contribution in [0.25, 0.3) is 11.1 Å². The van der Waals surface area contributed by atoms with Gasteiger partial charge in [-0.2, -0.15) is 5.10 Å². The smallest absolute Gasteiger partial charge is 0.0568 e. The van der Waals surface area contributed by atoms with E-state index < -0.39 is 0 Å². The van der Waals surface area contributed by atoms with Gasteiger partial charge in [-0.05, 0) is 30.9 Å². The Balaban J connectivity index is 2.11. The van der Waals surface area contributed by atoms with Crippen molar-refractivity contribution in [1.82, 2.24) is 9.78 Å². The lowest BCUT2D eigenvalue weighted by atomic mass is 10.0. The summed E-state index contributed by atoms with van der Waals surface area (Å²) in [6.45, 7) is 3.23. The number of rotatable bonds is 5. The van der Waals surface area contributed by atoms with E-state index in [0.717, 1.165) is 24.9 Å². The summed E-state index contributed by atoms with van der Waals surface area (Å²) in [5.41, 5.74) is 3.61. The van der Waals surface area contributed by atoms with Crippen LogP contribution in [-0.2, 0) is 13.0 Å². The molecule has 0 aliphatic rings. The van der Waals surface area contributed by atoms with Crippen LogP contribution in [0.4, 0.5) is 0 Å². The Labute approximate surface area is 102 Å². The van der Waals surface area contributed by atoms with Crippen LogP contribution in [0.3, 0.4) is 0 Å². The highest BCUT2D eigenvalue weighted by atomic mass is 16.2. The molecule has 2 aromatic rings. The minimum atomic E-state index is 0.255. The van der Waals surface area contributed by atoms with Gasteiger partial charge in [-0.1, -0.05) is 24.3 Å². The molecule has 0 fully saturated rings. The molecule has 0 saturated heterocycles. The summed E-state index contributed by atoms with van der Waals surface area (Å²) in [6, 6.07) is 8.47. The number of aromatic nitrogens is 2. The lowest BCUT2D eigenvalue weighted by Gasteiger charge is -2.01. The number of aryl methyl sites for hydroxylation is 2. The standard InChI is InChI=1S/C14H18N2O/c1-2-16-11-14(10-15-16)13-7-5-12(6-8-13)4-3-9-17/h5-8,10-11,17H,2-4,9H2,1H3. The second-order valence-electron chi connectivity index (χ2n) is 4.11. The molecule has 0 spiro atoms. The van der Waals surface area contributed by atoms with Crippen LogP contribution < -0.4 is 0 Å². The molecule has 1 N–H and O–H groups in total. The largest absolute Gasteiger partial charge is 0.396 e. The molecule has 1 heterocycles. The summed E-state index contributed by atoms with van der Waals surface area (Å²) >= 11 is 0. The number of hydrogen-bond acceptors (Lipinski definition) is 2. The monoisotopic (exact) mass is 230 g/mol. The summed E-state index contributed by atoms with van der Waals surface area (Å²) in [5, 5.41) is 13.0. The van der Waals surface area contributed by atoms with E-state index in [4.69, 9.17) is 5.11 Å². The maximum atomic E-state index is 8.78. The molecule has 3 nitrogen and oxygen atoms in total. The Morgan fingerprint density at radius 3 is 2.53 bits per heavy atom. The van der Waals surface area contributed by atoms with E-state index in [1.165, 1.54) is 11.1 Å². The molecule has 0 radical (unpaired) electrons. The van der Waals surface area contributed by atoms with Crippen LogP contribution in [0.5, 0.6) is 0 Å². The average molecular weight is 230 g/mol. The van der Waals surface area contributed by atoms with E-state index in [1.54, 1.807) is 0 Å². The normalized spacial score (nSPS) is 10.7. The zero-order valence-corrected chi connectivity index (χ0v) is 10.1. The number of benzene rings is 1. The van der Waals surface area contributed by atoms with Crippen LogP contribution in [0.1, 0.15) is 18.9 Å². The summed E-state index contributed by atoms with van der Waals surface area (Å²) in [7, 11) is 0. The van der Waals surface area contributed by atoms with Crippen molar-refractivity contribution in [2.45, 2.75) is 26.3 Å². The molecule has 0 atom stereocenters. The topological polar surface area (TPSA) is 38.0 Å². The van der Waals surface area contributed by atoms with Gasteiger partial charge in [0.2, 0.25) is 0 Å². The number of hydrogen-bond donors (Lipinski definition) is 1. The SMILES string of the molecule is CCn1cc(-c2ccc(CCCO)cc2)cn1. The molecule has 0 unspecified atom stereocenters. The van der Waals surface area contributed by atoms with E-state index in [1.807, 2.05) is 10.9 Å². The van der Waals surface area contributed by atoms with Crippen molar-refractivity contribution in [3.8, 4) is 11.1 Å². The quantitative estimate of drug-likeness (QED) is 0.857. The van der Waals surface area contributed by atoms with Gasteiger partial charge in [0, 0.05) is 24.9 Å². The molecule has 3 heteroatoms. The zero-order valence-electron chi connectivity index (χ0n) is 10.1. The molecule has 1 aromatic heterocycles. The maximum absolute atomic E-state index is 8.78. The Hall–Kier alpha value is -1.61. The van der Waals surface area contributed by atoms with Crippen LogP contribution in [0, 0.1) is 0 Å². The fourth-order valence-corrected chi connectivity index (χ4v) is 1.83. The van der Waals surface area contributed by atoms with E-state index in [2.05, 4.69) is 42.5 Å². The minimum Gasteiger partial charge on any atom is -0.396 e. The summed E-state index contributed by atoms with van der Waals surface area (Å²) < 4.78 is 1.93. The van der Waals surface area contributed by atoms with Crippen molar-refractivity contribution < 1.29 is 5.11 Å². The molecule has 90 valence electrons. The highest BCUT2D eigenvalue weighted by molar-refractivity contribution is 5.61. The lowest BCUT2D eigenvalue weighted by molar-refractivity contribution is 0.288. The molecule has 0 bridgehead atoms. The number of nitrogens with zero attached hydrogens (tertiary/aromatic N) is 2. The van der Waals surface area contributed by atoms with Crippen molar-refractivity contribution in [1.29, 1.82) is 0 Å². The Kier molecular flexibility index (Phi) is 3.94. The lowest BCUT2D eigenvalue weighted by Crippen LogP contribution is -1.92. The van der Waals surface area contributed by atoms with E-state index in [0.29, 0.717) is 0 Å². The highest BCUT2D eigenvalue weighted by Crippen LogP contribution is 2.19. The van der Waals surface area contributed by atoms with Crippen molar-refractivity contribution in [2.75, 3.05) is 6.61 Å². The van der Waals surface area contributed by atoms with Gasteiger partial charge in [0.25, 0.3) is 0 Å². The van der Waals surface area contributed by atoms with Gasteiger partial charge in [-0.25, -0.2) is 0 Å². The molecule has 0 saturated carbocycles. The number of aliphatic hydroxyl groups is 1. The first kappa shape index (κ1) is 11.9. The van der Waals surface area contributed by atoms with Gasteiger partial charge in [0.05, 0.1) is 6.20 Å². The van der Waals surface area contributed by atoms with Gasteiger partial charge in [0.15, 0.2) is 0 Å². The predicted molar refractivity (Wildman–Crippen MR) is 68.7 cm³/mol. The predicted octanol–water partition coefficient (Wildman–Crippen LogP) is 2.49. The van der Waals surface area contributed by atoms with Crippen molar-refractivity contribution in [2.24, 2.45) is 0 Å². The second kappa shape index (κ2) is 5.64. The third-order valence-electron chi connectivity index (χ3n) is 2.87. The summed E-state index contributed by atoms with van der Waals surface area (Å²) in [5.74, 6) is 0. The summed E-state index contributed by atoms with van der Waals surface area (Å²) in [4.78, 5) is 0. The molecular weight excluding hydrogens is 212 g/mol. The van der Waals surface area contributed by atoms with Crippen molar-refractivity contribution in [3.05, 3.63) is 42.2 Å². The van der Waals surface area contributed by atoms with Crippen molar-refractivity contribution in [3.63, 3.8) is 0 Å². The van der Waals surface area contributed by atoms with Gasteiger partial charge < -0.3 is 5.11 Å². The van der Waals surface area contributed by atoms with Gasteiger partial charge in [-0.3, -0.25) is 4.68 Å². The van der Waals surface area contributed by atoms with E-state index >= 15 is 0 Å². The maximum Gasteiger partial charge on any atom is 0.0568 e. The Morgan fingerprint density at radius 1 is 1.18 bits per heavy atom. The average Bonchev–Trinajstić information content (AvgIpc) is 2.86. The molecule has 1 aromatic carbocycles. The van der Waals surface area contributed by atoms with Gasteiger partial charge in [-0.15, -0.1) is 0 Å². The minimum absolute atomic E-state index is 0.255. The molecular formula is C14H18N2O. The van der Waals surface area contributed by atoms with Crippen molar-refractivity contribution >= 4 is 0 Å². The fourth-order valence-electron chi connectivity index (χ4n) is 1.83. The first-order valence-electron chi connectivity index (χ1n) is 6.06. The van der Waals surface area contributed by atoms with E-state index in [-0.39, 0.29) is 6.61 Å². The van der Waals surface area contributed by atoms with Crippen LogP contribution in [0.15, 0.2) is 36.7 Å². The summed E-state index contributed by atoms with van der Waals surface area (Å²) in [6.07, 6.45) is 5.72. The van der Waals surface area contributed by atoms with Crippen LogP contribution >= 0.6 is 0 Å². The van der Waals surface area contributed by atoms with Crippen LogP contribution in [0.2, 0.25) is 0 Å². The van der Waals surface area contributed by atoms with Gasteiger partial charge >= 0.3 is 0 Å². The fraction of sp³-hybridized carbons (Fsp3) is 0.357. The number of aliphatic hydroxyl groups excluding tert-OH is 1.